The van der Waals surface area contributed by atoms with Crippen LogP contribution in [-0.4, -0.2) is 23.2 Å². The standard InChI is InChI=1S/C16H18N2O3/c1-21-11-14-5-3-2-4-12(14)8-17-10-15-7-6-13(9-18-15)16(19)20/h2-7,9,17H,8,10-11H2,1H3,(H,19,20). The van der Waals surface area contributed by atoms with E-state index in [-0.39, 0.29) is 5.56 Å². The first-order chi connectivity index (χ1) is 10.2. The number of hydrogen-bond donors (Lipinski definition) is 2. The van der Waals surface area contributed by atoms with E-state index in [1.807, 2.05) is 18.2 Å². The molecular formula is C16H18N2O3. The molecule has 5 heteroatoms. The van der Waals surface area contributed by atoms with E-state index < -0.39 is 5.97 Å². The fourth-order valence-electron chi connectivity index (χ4n) is 2.01. The second-order valence-corrected chi connectivity index (χ2v) is 4.65. The Balaban J connectivity index is 1.91. The Hall–Kier alpha value is -2.24. The minimum absolute atomic E-state index is 0.198. The summed E-state index contributed by atoms with van der Waals surface area (Å²) in [5.74, 6) is -0.962. The van der Waals surface area contributed by atoms with Gasteiger partial charge in [0.25, 0.3) is 0 Å². The van der Waals surface area contributed by atoms with Crippen LogP contribution in [-0.2, 0) is 24.4 Å². The molecule has 5 nitrogen and oxygen atoms in total. The molecule has 1 aromatic heterocycles. The summed E-state index contributed by atoms with van der Waals surface area (Å²) in [5, 5.41) is 12.1. The van der Waals surface area contributed by atoms with Gasteiger partial charge in [0.2, 0.25) is 0 Å². The minimum atomic E-state index is -0.962. The molecule has 21 heavy (non-hydrogen) atoms. The van der Waals surface area contributed by atoms with Gasteiger partial charge in [-0.25, -0.2) is 4.79 Å². The number of ether oxygens (including phenoxy) is 1. The first-order valence-corrected chi connectivity index (χ1v) is 6.65. The van der Waals surface area contributed by atoms with Crippen LogP contribution in [0.15, 0.2) is 42.6 Å². The van der Waals surface area contributed by atoms with Crippen molar-refractivity contribution in [3.63, 3.8) is 0 Å². The summed E-state index contributed by atoms with van der Waals surface area (Å²) in [4.78, 5) is 14.9. The predicted molar refractivity (Wildman–Crippen MR) is 78.9 cm³/mol. The SMILES string of the molecule is COCc1ccccc1CNCc1ccc(C(=O)O)cn1. The van der Waals surface area contributed by atoms with Gasteiger partial charge in [-0.1, -0.05) is 24.3 Å². The second-order valence-electron chi connectivity index (χ2n) is 4.65. The van der Waals surface area contributed by atoms with E-state index in [1.54, 1.807) is 19.2 Å². The van der Waals surface area contributed by atoms with Crippen molar-refractivity contribution < 1.29 is 14.6 Å². The molecule has 0 radical (unpaired) electrons. The topological polar surface area (TPSA) is 71.5 Å². The van der Waals surface area contributed by atoms with Crippen molar-refractivity contribution in [2.24, 2.45) is 0 Å². The highest BCUT2D eigenvalue weighted by Crippen LogP contribution is 2.10. The minimum Gasteiger partial charge on any atom is -0.478 e. The lowest BCUT2D eigenvalue weighted by atomic mass is 10.1. The van der Waals surface area contributed by atoms with Crippen LogP contribution in [0.1, 0.15) is 27.2 Å². The summed E-state index contributed by atoms with van der Waals surface area (Å²) in [6.45, 7) is 1.88. The number of aromatic carboxylic acids is 1. The number of rotatable bonds is 7. The summed E-state index contributed by atoms with van der Waals surface area (Å²) >= 11 is 0. The maximum absolute atomic E-state index is 10.7. The summed E-state index contributed by atoms with van der Waals surface area (Å²) in [6, 6.07) is 11.4. The Bertz CT molecular complexity index is 597. The van der Waals surface area contributed by atoms with Gasteiger partial charge in [-0.15, -0.1) is 0 Å². The fraction of sp³-hybridized carbons (Fsp3) is 0.250. The molecule has 0 saturated heterocycles. The number of benzene rings is 1. The maximum atomic E-state index is 10.7. The third-order valence-corrected chi connectivity index (χ3v) is 3.11. The van der Waals surface area contributed by atoms with Crippen molar-refractivity contribution in [2.45, 2.75) is 19.7 Å². The molecule has 2 rings (SSSR count). The molecule has 1 aromatic carbocycles. The van der Waals surface area contributed by atoms with Crippen molar-refractivity contribution >= 4 is 5.97 Å². The molecule has 0 fully saturated rings. The molecule has 110 valence electrons. The Kier molecular flexibility index (Phi) is 5.43. The first-order valence-electron chi connectivity index (χ1n) is 6.65. The van der Waals surface area contributed by atoms with Crippen molar-refractivity contribution in [3.8, 4) is 0 Å². The number of carboxylic acids is 1. The van der Waals surface area contributed by atoms with Gasteiger partial charge in [0.15, 0.2) is 0 Å². The zero-order valence-electron chi connectivity index (χ0n) is 11.9. The summed E-state index contributed by atoms with van der Waals surface area (Å²) < 4.78 is 5.17. The Labute approximate surface area is 123 Å². The number of carbonyl (C=O) groups is 1. The van der Waals surface area contributed by atoms with E-state index in [9.17, 15) is 4.79 Å². The molecule has 0 saturated carbocycles. The Morgan fingerprint density at radius 3 is 2.57 bits per heavy atom. The van der Waals surface area contributed by atoms with Gasteiger partial charge in [-0.05, 0) is 23.3 Å². The molecule has 2 aromatic rings. The van der Waals surface area contributed by atoms with Gasteiger partial charge < -0.3 is 15.2 Å². The van der Waals surface area contributed by atoms with Crippen LogP contribution in [0, 0.1) is 0 Å². The first kappa shape index (κ1) is 15.2. The van der Waals surface area contributed by atoms with E-state index in [0.29, 0.717) is 19.7 Å². The van der Waals surface area contributed by atoms with Crippen LogP contribution < -0.4 is 5.32 Å². The smallest absolute Gasteiger partial charge is 0.337 e. The van der Waals surface area contributed by atoms with Gasteiger partial charge >= 0.3 is 5.97 Å². The van der Waals surface area contributed by atoms with Gasteiger partial charge in [0.1, 0.15) is 0 Å². The lowest BCUT2D eigenvalue weighted by Gasteiger charge is -2.10. The van der Waals surface area contributed by atoms with Gasteiger partial charge in [0.05, 0.1) is 17.9 Å². The van der Waals surface area contributed by atoms with Crippen molar-refractivity contribution in [2.75, 3.05) is 7.11 Å². The number of methoxy groups -OCH3 is 1. The lowest BCUT2D eigenvalue weighted by Crippen LogP contribution is -2.15. The van der Waals surface area contributed by atoms with E-state index >= 15 is 0 Å². The molecule has 0 amide bonds. The summed E-state index contributed by atoms with van der Waals surface area (Å²) in [7, 11) is 1.68. The quantitative estimate of drug-likeness (QED) is 0.816. The number of nitrogens with zero attached hydrogens (tertiary/aromatic N) is 1. The number of nitrogens with one attached hydrogen (secondary N) is 1. The molecular weight excluding hydrogens is 268 g/mol. The molecule has 1 heterocycles. The number of hydrogen-bond acceptors (Lipinski definition) is 4. The maximum Gasteiger partial charge on any atom is 0.337 e. The van der Waals surface area contributed by atoms with Crippen LogP contribution in [0.4, 0.5) is 0 Å². The molecule has 0 aliphatic carbocycles. The number of aromatic nitrogens is 1. The zero-order valence-corrected chi connectivity index (χ0v) is 11.9. The van der Waals surface area contributed by atoms with Gasteiger partial charge in [0, 0.05) is 26.4 Å². The largest absolute Gasteiger partial charge is 0.478 e. The van der Waals surface area contributed by atoms with Crippen LogP contribution in [0.25, 0.3) is 0 Å². The highest BCUT2D eigenvalue weighted by Gasteiger charge is 2.04. The second kappa shape index (κ2) is 7.52. The van der Waals surface area contributed by atoms with E-state index in [1.165, 1.54) is 11.8 Å². The monoisotopic (exact) mass is 286 g/mol. The van der Waals surface area contributed by atoms with Crippen molar-refractivity contribution in [3.05, 3.63) is 65.0 Å². The average Bonchev–Trinajstić information content (AvgIpc) is 2.50. The predicted octanol–water partition coefficient (Wildman–Crippen LogP) is 2.22. The van der Waals surface area contributed by atoms with Gasteiger partial charge in [-0.3, -0.25) is 4.98 Å². The highest BCUT2D eigenvalue weighted by atomic mass is 16.5. The zero-order chi connectivity index (χ0) is 15.1. The summed E-state index contributed by atoms with van der Waals surface area (Å²) in [6.07, 6.45) is 1.37. The number of pyridine rings is 1. The van der Waals surface area contributed by atoms with Crippen LogP contribution in [0.3, 0.4) is 0 Å². The molecule has 0 unspecified atom stereocenters. The van der Waals surface area contributed by atoms with E-state index in [2.05, 4.69) is 16.4 Å². The van der Waals surface area contributed by atoms with Crippen LogP contribution in [0.5, 0.6) is 0 Å². The normalized spacial score (nSPS) is 10.5. The fourth-order valence-corrected chi connectivity index (χ4v) is 2.01. The van der Waals surface area contributed by atoms with E-state index in [4.69, 9.17) is 9.84 Å². The molecule has 0 bridgehead atoms. The average molecular weight is 286 g/mol. The highest BCUT2D eigenvalue weighted by molar-refractivity contribution is 5.87. The summed E-state index contributed by atoms with van der Waals surface area (Å²) in [5.41, 5.74) is 3.34. The Morgan fingerprint density at radius 2 is 1.95 bits per heavy atom. The molecule has 2 N–H and O–H groups in total. The Morgan fingerprint density at radius 1 is 1.19 bits per heavy atom. The third kappa shape index (κ3) is 4.37. The van der Waals surface area contributed by atoms with Crippen molar-refractivity contribution in [1.29, 1.82) is 0 Å². The van der Waals surface area contributed by atoms with Crippen molar-refractivity contribution in [1.82, 2.24) is 10.3 Å². The van der Waals surface area contributed by atoms with Crippen LogP contribution in [0.2, 0.25) is 0 Å². The third-order valence-electron chi connectivity index (χ3n) is 3.11. The van der Waals surface area contributed by atoms with Crippen LogP contribution >= 0.6 is 0 Å². The molecule has 0 aliphatic heterocycles. The molecule has 0 atom stereocenters. The lowest BCUT2D eigenvalue weighted by molar-refractivity contribution is 0.0696. The molecule has 0 aliphatic rings. The number of carboxylic acid groups (broad SMARTS) is 1. The van der Waals surface area contributed by atoms with E-state index in [0.717, 1.165) is 11.3 Å². The van der Waals surface area contributed by atoms with Gasteiger partial charge in [-0.2, -0.15) is 0 Å². The molecule has 0 spiro atoms.